The molecule has 0 bridgehead atoms. The van der Waals surface area contributed by atoms with Gasteiger partial charge in [0, 0.05) is 19.2 Å². The van der Waals surface area contributed by atoms with Gasteiger partial charge in [0.05, 0.1) is 0 Å². The molecule has 2 aromatic carbocycles. The molecule has 1 amide bonds. The predicted octanol–water partition coefficient (Wildman–Crippen LogP) is 2.32. The van der Waals surface area contributed by atoms with E-state index in [0.29, 0.717) is 6.54 Å². The maximum absolute atomic E-state index is 11.3. The third-order valence-electron chi connectivity index (χ3n) is 2.93. The molecular formula is C16H17NO3. The lowest BCUT2D eigenvalue weighted by Gasteiger charge is -2.07. The highest BCUT2D eigenvalue weighted by atomic mass is 16.5. The Hall–Kier alpha value is -2.33. The van der Waals surface area contributed by atoms with Crippen molar-refractivity contribution < 1.29 is 14.6 Å². The Morgan fingerprint density at radius 1 is 1.15 bits per heavy atom. The van der Waals surface area contributed by atoms with Crippen molar-refractivity contribution in [2.75, 3.05) is 13.7 Å². The molecule has 2 aromatic rings. The number of phenols is 1. The molecule has 0 aliphatic rings. The molecule has 0 unspecified atom stereocenters. The number of phenolic OH excluding ortho intramolecular Hbond substituents is 1. The zero-order valence-corrected chi connectivity index (χ0v) is 11.3. The van der Waals surface area contributed by atoms with Crippen LogP contribution in [0.2, 0.25) is 0 Å². The normalized spacial score (nSPS) is 10.2. The molecule has 104 valence electrons. The van der Waals surface area contributed by atoms with Crippen LogP contribution in [0, 0.1) is 0 Å². The van der Waals surface area contributed by atoms with Gasteiger partial charge in [0.2, 0.25) is 5.91 Å². The van der Waals surface area contributed by atoms with E-state index >= 15 is 0 Å². The average Bonchev–Trinajstić information content (AvgIpc) is 2.47. The molecule has 0 atom stereocenters. The van der Waals surface area contributed by atoms with Gasteiger partial charge in [-0.3, -0.25) is 4.79 Å². The minimum Gasteiger partial charge on any atom is -0.507 e. The van der Waals surface area contributed by atoms with Crippen molar-refractivity contribution in [2.24, 2.45) is 0 Å². The van der Waals surface area contributed by atoms with Crippen molar-refractivity contribution in [3.05, 3.63) is 54.1 Å². The minimum absolute atomic E-state index is 0.0654. The Balaban J connectivity index is 2.03. The zero-order valence-electron chi connectivity index (χ0n) is 11.3. The van der Waals surface area contributed by atoms with Crippen LogP contribution in [0.1, 0.15) is 5.56 Å². The fourth-order valence-electron chi connectivity index (χ4n) is 1.90. The van der Waals surface area contributed by atoms with Crippen LogP contribution in [-0.4, -0.2) is 24.7 Å². The van der Waals surface area contributed by atoms with E-state index in [-0.39, 0.29) is 18.3 Å². The fraction of sp³-hybridized carbons (Fsp3) is 0.188. The molecule has 2 rings (SSSR count). The van der Waals surface area contributed by atoms with Crippen molar-refractivity contribution in [3.8, 4) is 16.9 Å². The van der Waals surface area contributed by atoms with Crippen LogP contribution in [0.15, 0.2) is 48.5 Å². The summed E-state index contributed by atoms with van der Waals surface area (Å²) in [6.45, 7) is 0.527. The first-order chi connectivity index (χ1) is 9.70. The van der Waals surface area contributed by atoms with Gasteiger partial charge < -0.3 is 15.2 Å². The first-order valence-corrected chi connectivity index (χ1v) is 6.33. The number of amides is 1. The highest BCUT2D eigenvalue weighted by Gasteiger charge is 2.04. The second kappa shape index (κ2) is 6.73. The van der Waals surface area contributed by atoms with Gasteiger partial charge in [0.25, 0.3) is 0 Å². The highest BCUT2D eigenvalue weighted by Crippen LogP contribution is 2.28. The summed E-state index contributed by atoms with van der Waals surface area (Å²) in [7, 11) is 1.49. The standard InChI is InChI=1S/C16H17NO3/c1-20-11-16(19)17-10-12-6-8-13(9-7-12)14-4-2-3-5-15(14)18/h2-9,18H,10-11H2,1H3,(H,17,19). The van der Waals surface area contributed by atoms with Crippen LogP contribution in [0.5, 0.6) is 5.75 Å². The first kappa shape index (κ1) is 14.1. The summed E-state index contributed by atoms with van der Waals surface area (Å²) in [5, 5.41) is 12.6. The molecule has 2 N–H and O–H groups in total. The fourth-order valence-corrected chi connectivity index (χ4v) is 1.90. The van der Waals surface area contributed by atoms with Gasteiger partial charge >= 0.3 is 0 Å². The van der Waals surface area contributed by atoms with Gasteiger partial charge in [-0.2, -0.15) is 0 Å². The second-order valence-corrected chi connectivity index (χ2v) is 4.42. The average molecular weight is 271 g/mol. The van der Waals surface area contributed by atoms with E-state index in [4.69, 9.17) is 4.74 Å². The van der Waals surface area contributed by atoms with Crippen LogP contribution in [0.3, 0.4) is 0 Å². The molecular weight excluding hydrogens is 254 g/mol. The van der Waals surface area contributed by atoms with Crippen LogP contribution in [-0.2, 0) is 16.1 Å². The van der Waals surface area contributed by atoms with Gasteiger partial charge in [-0.05, 0) is 17.2 Å². The maximum atomic E-state index is 11.3. The number of aromatic hydroxyl groups is 1. The third-order valence-corrected chi connectivity index (χ3v) is 2.93. The first-order valence-electron chi connectivity index (χ1n) is 6.33. The number of para-hydroxylation sites is 1. The molecule has 0 heterocycles. The number of benzene rings is 2. The molecule has 0 aliphatic carbocycles. The molecule has 4 heteroatoms. The van der Waals surface area contributed by atoms with Gasteiger partial charge in [-0.25, -0.2) is 0 Å². The van der Waals surface area contributed by atoms with E-state index in [1.54, 1.807) is 12.1 Å². The zero-order chi connectivity index (χ0) is 14.4. The Morgan fingerprint density at radius 3 is 2.50 bits per heavy atom. The number of carbonyl (C=O) groups excluding carboxylic acids is 1. The Labute approximate surface area is 118 Å². The van der Waals surface area contributed by atoms with E-state index in [9.17, 15) is 9.90 Å². The molecule has 0 saturated carbocycles. The quantitative estimate of drug-likeness (QED) is 0.877. The van der Waals surface area contributed by atoms with Crippen molar-refractivity contribution >= 4 is 5.91 Å². The van der Waals surface area contributed by atoms with Crippen LogP contribution in [0.25, 0.3) is 11.1 Å². The lowest BCUT2D eigenvalue weighted by Crippen LogP contribution is -2.26. The van der Waals surface area contributed by atoms with Crippen LogP contribution in [0.4, 0.5) is 0 Å². The van der Waals surface area contributed by atoms with Gasteiger partial charge in [0.15, 0.2) is 0 Å². The second-order valence-electron chi connectivity index (χ2n) is 4.42. The number of carbonyl (C=O) groups is 1. The maximum Gasteiger partial charge on any atom is 0.246 e. The van der Waals surface area contributed by atoms with Gasteiger partial charge in [-0.1, -0.05) is 42.5 Å². The molecule has 0 fully saturated rings. The number of hydrogen-bond donors (Lipinski definition) is 2. The SMILES string of the molecule is COCC(=O)NCc1ccc(-c2ccccc2O)cc1. The van der Waals surface area contributed by atoms with E-state index in [1.165, 1.54) is 7.11 Å². The number of hydrogen-bond acceptors (Lipinski definition) is 3. The van der Waals surface area contributed by atoms with Crippen LogP contribution >= 0.6 is 0 Å². The summed E-state index contributed by atoms with van der Waals surface area (Å²) in [5.74, 6) is 0.117. The third kappa shape index (κ3) is 3.59. The van der Waals surface area contributed by atoms with Crippen molar-refractivity contribution in [1.29, 1.82) is 0 Å². The predicted molar refractivity (Wildman–Crippen MR) is 77.3 cm³/mol. The van der Waals surface area contributed by atoms with Gasteiger partial charge in [-0.15, -0.1) is 0 Å². The molecule has 0 aliphatic heterocycles. The summed E-state index contributed by atoms with van der Waals surface area (Å²) < 4.78 is 4.74. The monoisotopic (exact) mass is 271 g/mol. The Morgan fingerprint density at radius 2 is 1.85 bits per heavy atom. The number of ether oxygens (including phenoxy) is 1. The minimum atomic E-state index is -0.141. The highest BCUT2D eigenvalue weighted by molar-refractivity contribution is 5.77. The molecule has 20 heavy (non-hydrogen) atoms. The van der Waals surface area contributed by atoms with E-state index < -0.39 is 0 Å². The van der Waals surface area contributed by atoms with E-state index in [2.05, 4.69) is 5.32 Å². The Kier molecular flexibility index (Phi) is 4.74. The summed E-state index contributed by atoms with van der Waals surface area (Å²) in [6, 6.07) is 14.9. The molecule has 0 saturated heterocycles. The van der Waals surface area contributed by atoms with Crippen molar-refractivity contribution in [2.45, 2.75) is 6.54 Å². The lowest BCUT2D eigenvalue weighted by molar-refractivity contribution is -0.124. The number of nitrogens with one attached hydrogen (secondary N) is 1. The molecule has 0 radical (unpaired) electrons. The van der Waals surface area contributed by atoms with Crippen molar-refractivity contribution in [3.63, 3.8) is 0 Å². The summed E-state index contributed by atoms with van der Waals surface area (Å²) in [6.07, 6.45) is 0. The topological polar surface area (TPSA) is 58.6 Å². The summed E-state index contributed by atoms with van der Waals surface area (Å²) >= 11 is 0. The lowest BCUT2D eigenvalue weighted by atomic mass is 10.0. The molecule has 0 aromatic heterocycles. The van der Waals surface area contributed by atoms with Crippen LogP contribution < -0.4 is 5.32 Å². The Bertz CT molecular complexity index is 579. The summed E-state index contributed by atoms with van der Waals surface area (Å²) in [4.78, 5) is 11.3. The number of methoxy groups -OCH3 is 1. The number of rotatable bonds is 5. The van der Waals surface area contributed by atoms with Gasteiger partial charge in [0.1, 0.15) is 12.4 Å². The van der Waals surface area contributed by atoms with E-state index in [1.807, 2.05) is 36.4 Å². The summed E-state index contributed by atoms with van der Waals surface area (Å²) in [5.41, 5.74) is 2.73. The molecule has 0 spiro atoms. The van der Waals surface area contributed by atoms with Crippen molar-refractivity contribution in [1.82, 2.24) is 5.32 Å². The smallest absolute Gasteiger partial charge is 0.246 e. The van der Waals surface area contributed by atoms with E-state index in [0.717, 1.165) is 16.7 Å². The molecule has 4 nitrogen and oxygen atoms in total. The largest absolute Gasteiger partial charge is 0.507 e.